The summed E-state index contributed by atoms with van der Waals surface area (Å²) in [7, 11) is 5.05. The number of carbonyl (C=O) groups excluding carboxylic acids is 6. The number of pyridine rings is 3. The third kappa shape index (κ3) is 15.2. The minimum atomic E-state index is -0.700. The van der Waals surface area contributed by atoms with Gasteiger partial charge in [0.1, 0.15) is 17.5 Å². The molecule has 3 saturated heterocycles. The first-order chi connectivity index (χ1) is 44.6. The van der Waals surface area contributed by atoms with Crippen LogP contribution in [0.4, 0.5) is 34.5 Å². The van der Waals surface area contributed by atoms with E-state index in [-0.39, 0.29) is 54.2 Å². The predicted molar refractivity (Wildman–Crippen MR) is 362 cm³/mol. The highest BCUT2D eigenvalue weighted by Gasteiger charge is 2.42. The summed E-state index contributed by atoms with van der Waals surface area (Å²) >= 11 is 4.70. The van der Waals surface area contributed by atoms with Gasteiger partial charge in [0.15, 0.2) is 0 Å². The zero-order valence-corrected chi connectivity index (χ0v) is 55.4. The summed E-state index contributed by atoms with van der Waals surface area (Å²) in [6.07, 6.45) is 6.13. The molecule has 6 aromatic heterocycles. The molecule has 1 unspecified atom stereocenters. The minimum Gasteiger partial charge on any atom is -0.383 e. The van der Waals surface area contributed by atoms with Crippen molar-refractivity contribution in [1.29, 1.82) is 0 Å². The molecule has 3 aliphatic rings. The third-order valence-corrected chi connectivity index (χ3v) is 19.9. The summed E-state index contributed by atoms with van der Waals surface area (Å²) in [4.78, 5) is 108. The third-order valence-electron chi connectivity index (χ3n) is 17.5. The van der Waals surface area contributed by atoms with E-state index in [0.29, 0.717) is 73.4 Å². The average Bonchev–Trinajstić information content (AvgIpc) is 1.78. The second kappa shape index (κ2) is 29.2. The lowest BCUT2D eigenvalue weighted by Crippen LogP contribution is -2.50. The number of piperidine rings is 3. The Hall–Kier alpha value is -9.12. The average molecular weight is 1320 g/mol. The van der Waals surface area contributed by atoms with Gasteiger partial charge in [0.2, 0.25) is 0 Å². The molecular formula is C66H75N15O9S3. The number of methoxy groups -OCH3 is 3. The molecule has 12 rings (SSSR count). The highest BCUT2D eigenvalue weighted by molar-refractivity contribution is 7.17. The Kier molecular flexibility index (Phi) is 21.0. The van der Waals surface area contributed by atoms with E-state index in [1.807, 2.05) is 75.4 Å². The minimum absolute atomic E-state index is 0.00723. The molecule has 0 saturated carbocycles. The molecule has 9 heterocycles. The molecule has 0 aliphatic carbocycles. The van der Waals surface area contributed by atoms with Crippen molar-refractivity contribution < 1.29 is 43.0 Å². The van der Waals surface area contributed by atoms with Gasteiger partial charge in [-0.25, -0.2) is 29.9 Å². The SMILES string of the molecule is COC1C[C@@H](c2ccc3scnc3c2)N(C(=O)C(=O)Nc2cnc(N)c(C)c2)C[C@@H]1C.CO[C@@H]1C[C@@H](c2ccc3scnc3c2)N(C(=O)C(=O)Nc2cnc(N)c(C)c2)C[C@@H]1C.CO[C@H]1C[C@H](c2ccc3scnc3c2)N(C(=O)C(=O)Nc2cnc(N)c(C)c2)C[C@H]1C. The van der Waals surface area contributed by atoms with Gasteiger partial charge in [-0.3, -0.25) is 28.8 Å². The van der Waals surface area contributed by atoms with Gasteiger partial charge >= 0.3 is 35.4 Å². The van der Waals surface area contributed by atoms with Crippen molar-refractivity contribution in [1.82, 2.24) is 44.6 Å². The number of nitrogens with zero attached hydrogens (tertiary/aromatic N) is 9. The van der Waals surface area contributed by atoms with E-state index < -0.39 is 35.4 Å². The standard InChI is InChI=1S/3C22H25N5O3S/c3*1-12-6-15(9-24-20(12)23)26-21(28)22(29)27-10-13(2)18(30-3)8-17(27)14-4-5-19-16(7-14)25-11-31-19/h3*4-7,9,11,13,17-18H,8,10H2,1-3H3,(H2,23,24)(H,26,28)/t13-,17-,18?;2*13-,17-,18+/m010/s1. The smallest absolute Gasteiger partial charge is 0.313 e. The quantitative estimate of drug-likeness (QED) is 0.0732. The van der Waals surface area contributed by atoms with Gasteiger partial charge in [0.25, 0.3) is 0 Å². The van der Waals surface area contributed by atoms with Crippen LogP contribution in [0, 0.1) is 38.5 Å². The zero-order chi connectivity index (χ0) is 66.4. The fourth-order valence-corrected chi connectivity index (χ4v) is 14.1. The molecule has 9 atom stereocenters. The van der Waals surface area contributed by atoms with Crippen LogP contribution < -0.4 is 33.2 Å². The highest BCUT2D eigenvalue weighted by Crippen LogP contribution is 2.40. The molecule has 3 fully saturated rings. The van der Waals surface area contributed by atoms with Gasteiger partial charge in [-0.2, -0.15) is 0 Å². The first-order valence-electron chi connectivity index (χ1n) is 30.2. The normalized spacial score (nSPS) is 21.3. The summed E-state index contributed by atoms with van der Waals surface area (Å²) in [6, 6.07) is 22.2. The number of hydrogen-bond donors (Lipinski definition) is 6. The monoisotopic (exact) mass is 1320 g/mol. The molecule has 486 valence electrons. The lowest BCUT2D eigenvalue weighted by Gasteiger charge is -2.42. The molecule has 0 bridgehead atoms. The highest BCUT2D eigenvalue weighted by atomic mass is 32.1. The van der Waals surface area contributed by atoms with Crippen LogP contribution in [-0.2, 0) is 43.0 Å². The van der Waals surface area contributed by atoms with E-state index in [4.69, 9.17) is 31.4 Å². The predicted octanol–water partition coefficient (Wildman–Crippen LogP) is 9.44. The van der Waals surface area contributed by atoms with Gasteiger partial charge < -0.3 is 62.1 Å². The molecule has 0 radical (unpaired) electrons. The molecule has 3 aliphatic heterocycles. The van der Waals surface area contributed by atoms with Crippen LogP contribution in [0.25, 0.3) is 30.6 Å². The van der Waals surface area contributed by atoms with Crippen molar-refractivity contribution >= 4 is 135 Å². The van der Waals surface area contributed by atoms with Gasteiger partial charge in [-0.15, -0.1) is 34.0 Å². The van der Waals surface area contributed by atoms with Crippen molar-refractivity contribution in [2.24, 2.45) is 17.8 Å². The van der Waals surface area contributed by atoms with E-state index in [1.165, 1.54) is 18.6 Å². The van der Waals surface area contributed by atoms with E-state index in [2.05, 4.69) is 45.9 Å². The Morgan fingerprint density at radius 3 is 0.946 bits per heavy atom. The van der Waals surface area contributed by atoms with Crippen LogP contribution in [0.3, 0.4) is 0 Å². The number of ether oxygens (including phenoxy) is 3. The fraction of sp³-hybridized carbons (Fsp3) is 0.364. The lowest BCUT2D eigenvalue weighted by atomic mass is 9.87. The summed E-state index contributed by atoms with van der Waals surface area (Å²) in [5, 5.41) is 7.96. The Labute approximate surface area is 549 Å². The van der Waals surface area contributed by atoms with Crippen molar-refractivity contribution in [3.8, 4) is 0 Å². The molecule has 6 amide bonds. The maximum atomic E-state index is 13.2. The molecular weight excluding hydrogens is 1240 g/mol. The summed E-state index contributed by atoms with van der Waals surface area (Å²) in [6.45, 7) is 12.7. The summed E-state index contributed by atoms with van der Waals surface area (Å²) in [5.41, 5.74) is 31.6. The number of fused-ring (bicyclic) bond motifs is 3. The van der Waals surface area contributed by atoms with E-state index in [1.54, 1.807) is 126 Å². The Morgan fingerprint density at radius 1 is 0.430 bits per heavy atom. The van der Waals surface area contributed by atoms with Gasteiger partial charge in [-0.05, 0) is 128 Å². The molecule has 9 N–H and O–H groups in total. The van der Waals surface area contributed by atoms with Gasteiger partial charge in [-0.1, -0.05) is 39.0 Å². The number of likely N-dealkylation sites (tertiary alicyclic amines) is 3. The first kappa shape index (κ1) is 66.8. The van der Waals surface area contributed by atoms with Crippen LogP contribution in [0.15, 0.2) is 108 Å². The number of nitrogen functional groups attached to an aromatic ring is 3. The zero-order valence-electron chi connectivity index (χ0n) is 53.0. The van der Waals surface area contributed by atoms with E-state index in [9.17, 15) is 28.8 Å². The van der Waals surface area contributed by atoms with Crippen molar-refractivity contribution in [2.75, 3.05) is 74.1 Å². The van der Waals surface area contributed by atoms with Gasteiger partial charge in [0.05, 0.1) is 119 Å². The Morgan fingerprint density at radius 2 is 0.699 bits per heavy atom. The molecule has 0 spiro atoms. The van der Waals surface area contributed by atoms with E-state index in [0.717, 1.165) is 64.0 Å². The summed E-state index contributed by atoms with van der Waals surface area (Å²) in [5.74, 6) is -2.40. The number of carbonyl (C=O) groups is 6. The van der Waals surface area contributed by atoms with Crippen LogP contribution in [0.5, 0.6) is 0 Å². The molecule has 9 aromatic rings. The number of aromatic nitrogens is 6. The van der Waals surface area contributed by atoms with Crippen molar-refractivity contribution in [2.45, 2.75) is 97.2 Å². The Bertz CT molecular complexity index is 3820. The maximum Gasteiger partial charge on any atom is 0.313 e. The van der Waals surface area contributed by atoms with Crippen LogP contribution >= 0.6 is 34.0 Å². The number of anilines is 6. The number of aryl methyl sites for hydroxylation is 3. The molecule has 93 heavy (non-hydrogen) atoms. The lowest BCUT2D eigenvalue weighted by molar-refractivity contribution is -0.149. The number of rotatable bonds is 9. The summed E-state index contributed by atoms with van der Waals surface area (Å²) < 4.78 is 20.2. The number of benzene rings is 3. The van der Waals surface area contributed by atoms with Crippen LogP contribution in [0.1, 0.15) is 91.5 Å². The number of hydrogen-bond acceptors (Lipinski definition) is 21. The first-order valence-corrected chi connectivity index (χ1v) is 32.9. The van der Waals surface area contributed by atoms with Crippen molar-refractivity contribution in [3.05, 3.63) is 141 Å². The largest absolute Gasteiger partial charge is 0.383 e. The fourth-order valence-electron chi connectivity index (χ4n) is 12.2. The molecule has 24 nitrogen and oxygen atoms in total. The number of nitrogens with two attached hydrogens (primary N) is 3. The van der Waals surface area contributed by atoms with Crippen molar-refractivity contribution in [3.63, 3.8) is 0 Å². The van der Waals surface area contributed by atoms with E-state index >= 15 is 0 Å². The number of thiazole rings is 3. The topological polar surface area (TPSA) is 331 Å². The number of nitrogens with one attached hydrogen (secondary N) is 3. The second-order valence-electron chi connectivity index (χ2n) is 23.8. The number of amides is 6. The van der Waals surface area contributed by atoms with Crippen LogP contribution in [0.2, 0.25) is 0 Å². The molecule has 27 heteroatoms. The Balaban J connectivity index is 0.000000153. The maximum absolute atomic E-state index is 13.2. The second-order valence-corrected chi connectivity index (χ2v) is 26.4. The molecule has 3 aromatic carbocycles. The van der Waals surface area contributed by atoms with Crippen LogP contribution in [-0.4, -0.2) is 139 Å². The van der Waals surface area contributed by atoms with Gasteiger partial charge in [0, 0.05) is 58.7 Å².